The van der Waals surface area contributed by atoms with Crippen molar-refractivity contribution in [2.75, 3.05) is 11.1 Å². The van der Waals surface area contributed by atoms with Crippen molar-refractivity contribution < 1.29 is 22.4 Å². The zero-order valence-corrected chi connectivity index (χ0v) is 18.5. The fraction of sp³-hybridized carbons (Fsp3) is 0.0870. The Morgan fingerprint density at radius 2 is 1.89 bits per heavy atom. The van der Waals surface area contributed by atoms with Gasteiger partial charge in [-0.1, -0.05) is 6.07 Å². The number of nitrogens with two attached hydrogens (primary N) is 1. The van der Waals surface area contributed by atoms with E-state index in [2.05, 4.69) is 25.5 Å². The number of imidazole rings is 1. The van der Waals surface area contributed by atoms with Crippen LogP contribution in [-0.2, 0) is 6.18 Å². The number of halogens is 4. The fourth-order valence-electron chi connectivity index (χ4n) is 3.65. The van der Waals surface area contributed by atoms with Crippen molar-refractivity contribution >= 4 is 23.1 Å². The summed E-state index contributed by atoms with van der Waals surface area (Å²) in [6.07, 6.45) is 1.43. The topological polar surface area (TPSA) is 116 Å². The summed E-state index contributed by atoms with van der Waals surface area (Å²) in [5, 5.41) is 10.8. The van der Waals surface area contributed by atoms with Gasteiger partial charge in [0.15, 0.2) is 11.5 Å². The third-order valence-corrected chi connectivity index (χ3v) is 5.44. The summed E-state index contributed by atoms with van der Waals surface area (Å²) in [7, 11) is 0. The highest BCUT2D eigenvalue weighted by atomic mass is 19.4. The van der Waals surface area contributed by atoms with Crippen LogP contribution in [0.25, 0.3) is 22.6 Å². The van der Waals surface area contributed by atoms with E-state index in [0.717, 1.165) is 12.1 Å². The second-order valence-electron chi connectivity index (χ2n) is 7.85. The van der Waals surface area contributed by atoms with Crippen molar-refractivity contribution in [3.8, 4) is 16.9 Å². The maximum atomic E-state index is 14.7. The minimum absolute atomic E-state index is 0.208. The van der Waals surface area contributed by atoms with Gasteiger partial charge in [0.1, 0.15) is 12.1 Å². The van der Waals surface area contributed by atoms with Gasteiger partial charge in [-0.2, -0.15) is 23.4 Å². The average molecular weight is 496 g/mol. The Morgan fingerprint density at radius 1 is 1.08 bits per heavy atom. The Kier molecular flexibility index (Phi) is 5.39. The quantitative estimate of drug-likeness (QED) is 0.359. The Bertz CT molecular complexity index is 1620. The molecule has 0 saturated carbocycles. The summed E-state index contributed by atoms with van der Waals surface area (Å²) in [6.45, 7) is 1.65. The van der Waals surface area contributed by atoms with Gasteiger partial charge in [-0.15, -0.1) is 0 Å². The summed E-state index contributed by atoms with van der Waals surface area (Å²) < 4.78 is 56.6. The highest BCUT2D eigenvalue weighted by molar-refractivity contribution is 6.04. The van der Waals surface area contributed by atoms with E-state index in [9.17, 15) is 22.4 Å². The van der Waals surface area contributed by atoms with Gasteiger partial charge in [-0.3, -0.25) is 4.79 Å². The number of amides is 1. The number of nitrogens with one attached hydrogen (secondary N) is 1. The molecule has 13 heteroatoms. The molecule has 5 rings (SSSR count). The number of anilines is 2. The first-order valence-corrected chi connectivity index (χ1v) is 10.4. The molecule has 5 aromatic rings. The van der Waals surface area contributed by atoms with Gasteiger partial charge < -0.3 is 11.1 Å². The first-order valence-electron chi connectivity index (χ1n) is 10.4. The third-order valence-electron chi connectivity index (χ3n) is 5.44. The monoisotopic (exact) mass is 496 g/mol. The highest BCUT2D eigenvalue weighted by Gasteiger charge is 2.31. The van der Waals surface area contributed by atoms with Crippen molar-refractivity contribution in [1.29, 1.82) is 0 Å². The third kappa shape index (κ3) is 4.10. The molecule has 0 spiro atoms. The molecular formula is C23H16F4N8O. The van der Waals surface area contributed by atoms with Gasteiger partial charge in [0, 0.05) is 17.3 Å². The average Bonchev–Trinajstić information content (AvgIpc) is 3.48. The van der Waals surface area contributed by atoms with Crippen LogP contribution in [0, 0.1) is 12.7 Å². The molecule has 3 N–H and O–H groups in total. The lowest BCUT2D eigenvalue weighted by Gasteiger charge is -2.13. The van der Waals surface area contributed by atoms with Crippen LogP contribution in [0.4, 0.5) is 29.1 Å². The van der Waals surface area contributed by atoms with Crippen LogP contribution in [0.3, 0.4) is 0 Å². The molecule has 0 unspecified atom stereocenters. The SMILES string of the molecule is Cc1cc(F)c(NC(=O)c2cccc(C(F)(F)F)c2)cc1-n1cc(-c2cnc3c(N)ncnn23)cn1. The van der Waals surface area contributed by atoms with Gasteiger partial charge in [0.25, 0.3) is 5.91 Å². The van der Waals surface area contributed by atoms with Gasteiger partial charge >= 0.3 is 6.18 Å². The van der Waals surface area contributed by atoms with Gasteiger partial charge in [-0.05, 0) is 42.8 Å². The number of hydrogen-bond acceptors (Lipinski definition) is 6. The Morgan fingerprint density at radius 3 is 2.67 bits per heavy atom. The molecule has 3 aromatic heterocycles. The summed E-state index contributed by atoms with van der Waals surface area (Å²) in [6, 6.07) is 6.42. The summed E-state index contributed by atoms with van der Waals surface area (Å²) in [5.41, 5.74) is 6.88. The molecule has 36 heavy (non-hydrogen) atoms. The van der Waals surface area contributed by atoms with Crippen LogP contribution in [0.5, 0.6) is 0 Å². The second kappa shape index (κ2) is 8.45. The van der Waals surface area contributed by atoms with Crippen molar-refractivity contribution in [2.24, 2.45) is 0 Å². The van der Waals surface area contributed by atoms with E-state index < -0.39 is 23.5 Å². The van der Waals surface area contributed by atoms with Gasteiger partial charge in [-0.25, -0.2) is 23.6 Å². The predicted molar refractivity (Wildman–Crippen MR) is 122 cm³/mol. The molecule has 2 aromatic carbocycles. The van der Waals surface area contributed by atoms with Crippen LogP contribution >= 0.6 is 0 Å². The number of fused-ring (bicyclic) bond motifs is 1. The first-order chi connectivity index (χ1) is 17.1. The number of carbonyl (C=O) groups excluding carboxylic acids is 1. The number of alkyl halides is 3. The Labute approximate surface area is 200 Å². The molecule has 9 nitrogen and oxygen atoms in total. The van der Waals surface area contributed by atoms with Crippen LogP contribution in [0.15, 0.2) is 61.3 Å². The van der Waals surface area contributed by atoms with E-state index in [0.29, 0.717) is 34.2 Å². The molecule has 0 saturated heterocycles. The minimum Gasteiger partial charge on any atom is -0.381 e. The second-order valence-corrected chi connectivity index (χ2v) is 7.85. The normalized spacial score (nSPS) is 11.7. The Hall–Kier alpha value is -4.81. The highest BCUT2D eigenvalue weighted by Crippen LogP contribution is 2.30. The van der Waals surface area contributed by atoms with E-state index in [1.54, 1.807) is 25.5 Å². The van der Waals surface area contributed by atoms with Gasteiger partial charge in [0.2, 0.25) is 0 Å². The molecule has 0 bridgehead atoms. The molecule has 1 amide bonds. The molecule has 0 fully saturated rings. The lowest BCUT2D eigenvalue weighted by molar-refractivity contribution is -0.137. The van der Waals surface area contributed by atoms with E-state index in [1.165, 1.54) is 33.7 Å². The standard InChI is InChI=1S/C23H16F4N8O/c1-12-5-16(24)17(33-22(36)13-3-2-4-15(6-13)23(25,26)27)7-18(12)34-10-14(8-31-34)19-9-29-21-20(28)30-11-32-35(19)21/h2-11H,1H3,(H,33,36)(H2,28,30,32). The lowest BCUT2D eigenvalue weighted by atomic mass is 10.1. The van der Waals surface area contributed by atoms with E-state index >= 15 is 0 Å². The molecular weight excluding hydrogens is 480 g/mol. The lowest BCUT2D eigenvalue weighted by Crippen LogP contribution is -2.15. The molecule has 0 radical (unpaired) electrons. The number of nitrogen functional groups attached to an aromatic ring is 1. The zero-order chi connectivity index (χ0) is 25.6. The van der Waals surface area contributed by atoms with Crippen LogP contribution in [0.2, 0.25) is 0 Å². The summed E-state index contributed by atoms with van der Waals surface area (Å²) >= 11 is 0. The number of carbonyl (C=O) groups is 1. The summed E-state index contributed by atoms with van der Waals surface area (Å²) in [5.74, 6) is -1.43. The first kappa shape index (κ1) is 23.0. The predicted octanol–water partition coefficient (Wildman–Crippen LogP) is 4.28. The Balaban J connectivity index is 1.47. The number of aromatic nitrogens is 6. The van der Waals surface area contributed by atoms with Crippen molar-refractivity contribution in [3.63, 3.8) is 0 Å². The van der Waals surface area contributed by atoms with Crippen molar-refractivity contribution in [2.45, 2.75) is 13.1 Å². The molecule has 3 heterocycles. The minimum atomic E-state index is -4.62. The van der Waals surface area contributed by atoms with Gasteiger partial charge in [0.05, 0.1) is 35.0 Å². The smallest absolute Gasteiger partial charge is 0.381 e. The molecule has 0 aliphatic heterocycles. The largest absolute Gasteiger partial charge is 0.416 e. The number of nitrogens with zero attached hydrogens (tertiary/aromatic N) is 6. The van der Waals surface area contributed by atoms with E-state index in [-0.39, 0.29) is 17.1 Å². The van der Waals surface area contributed by atoms with Crippen LogP contribution in [0.1, 0.15) is 21.5 Å². The molecule has 0 aliphatic carbocycles. The fourth-order valence-corrected chi connectivity index (χ4v) is 3.65. The molecule has 0 atom stereocenters. The number of hydrogen-bond donors (Lipinski definition) is 2. The number of aryl methyl sites for hydroxylation is 1. The maximum absolute atomic E-state index is 14.7. The van der Waals surface area contributed by atoms with E-state index in [4.69, 9.17) is 5.73 Å². The molecule has 0 aliphatic rings. The van der Waals surface area contributed by atoms with Crippen molar-refractivity contribution in [3.05, 3.63) is 83.8 Å². The van der Waals surface area contributed by atoms with Crippen LogP contribution < -0.4 is 11.1 Å². The number of benzene rings is 2. The summed E-state index contributed by atoms with van der Waals surface area (Å²) in [4.78, 5) is 20.7. The maximum Gasteiger partial charge on any atom is 0.416 e. The van der Waals surface area contributed by atoms with Crippen LogP contribution in [-0.4, -0.2) is 35.3 Å². The van der Waals surface area contributed by atoms with Crippen molar-refractivity contribution in [1.82, 2.24) is 29.4 Å². The molecule has 182 valence electrons. The number of rotatable bonds is 4. The zero-order valence-electron chi connectivity index (χ0n) is 18.5. The van der Waals surface area contributed by atoms with E-state index in [1.807, 2.05) is 0 Å².